The Morgan fingerprint density at radius 1 is 1.24 bits per heavy atom. The minimum atomic E-state index is 0.0202. The molecule has 1 N–H and O–H groups in total. The molecule has 0 spiro atoms. The van der Waals surface area contributed by atoms with Crippen molar-refractivity contribution in [2.75, 3.05) is 26.7 Å². The lowest BCUT2D eigenvalue weighted by atomic mass is 9.87. The maximum atomic E-state index is 13.3. The van der Waals surface area contributed by atoms with E-state index in [1.165, 1.54) is 12.0 Å². The molecule has 1 fully saturated rings. The highest BCUT2D eigenvalue weighted by molar-refractivity contribution is 5.93. The lowest BCUT2D eigenvalue weighted by Gasteiger charge is -2.32. The summed E-state index contributed by atoms with van der Waals surface area (Å²) < 4.78 is 1.85. The van der Waals surface area contributed by atoms with Crippen molar-refractivity contribution in [1.29, 1.82) is 0 Å². The molecule has 2 aromatic rings. The van der Waals surface area contributed by atoms with Crippen LogP contribution in [0.5, 0.6) is 0 Å². The molecule has 0 bridgehead atoms. The number of carbonyl (C=O) groups is 1. The van der Waals surface area contributed by atoms with Crippen LogP contribution in [0.2, 0.25) is 0 Å². The van der Waals surface area contributed by atoms with E-state index in [0.29, 0.717) is 11.6 Å². The third-order valence-corrected chi connectivity index (χ3v) is 5.73. The molecule has 2 heterocycles. The molecule has 158 valence electrons. The highest BCUT2D eigenvalue weighted by atomic mass is 16.2. The predicted molar refractivity (Wildman–Crippen MR) is 117 cm³/mol. The van der Waals surface area contributed by atoms with Crippen molar-refractivity contribution in [3.8, 4) is 5.69 Å². The number of carbonyl (C=O) groups excluding carboxylic acids is 1. The first kappa shape index (κ1) is 21.5. The van der Waals surface area contributed by atoms with Gasteiger partial charge >= 0.3 is 0 Å². The van der Waals surface area contributed by atoms with Gasteiger partial charge in [-0.15, -0.1) is 5.10 Å². The Morgan fingerprint density at radius 3 is 2.59 bits per heavy atom. The van der Waals surface area contributed by atoms with Gasteiger partial charge in [-0.3, -0.25) is 4.79 Å². The van der Waals surface area contributed by atoms with Crippen LogP contribution in [0.3, 0.4) is 0 Å². The molecular formula is C23H35N5O. The molecule has 0 radical (unpaired) electrons. The number of hydrogen-bond donors (Lipinski definition) is 1. The number of piperidine rings is 1. The second kappa shape index (κ2) is 9.08. The molecule has 1 aromatic heterocycles. The van der Waals surface area contributed by atoms with Crippen molar-refractivity contribution in [3.05, 3.63) is 41.2 Å². The average Bonchev–Trinajstić information content (AvgIpc) is 3.11. The lowest BCUT2D eigenvalue weighted by molar-refractivity contribution is 0.0667. The zero-order valence-electron chi connectivity index (χ0n) is 18.5. The van der Waals surface area contributed by atoms with Crippen molar-refractivity contribution >= 4 is 5.91 Å². The molecule has 1 atom stereocenters. The molecular weight excluding hydrogens is 362 g/mol. The van der Waals surface area contributed by atoms with E-state index in [9.17, 15) is 4.79 Å². The van der Waals surface area contributed by atoms with E-state index in [-0.39, 0.29) is 11.3 Å². The third-order valence-electron chi connectivity index (χ3n) is 5.73. The molecule has 1 amide bonds. The van der Waals surface area contributed by atoms with Crippen molar-refractivity contribution in [3.63, 3.8) is 0 Å². The maximum absolute atomic E-state index is 13.3. The molecule has 1 unspecified atom stereocenters. The summed E-state index contributed by atoms with van der Waals surface area (Å²) in [6.07, 6.45) is 3.93. The van der Waals surface area contributed by atoms with E-state index in [0.717, 1.165) is 50.3 Å². The van der Waals surface area contributed by atoms with Crippen LogP contribution in [0.15, 0.2) is 24.3 Å². The summed E-state index contributed by atoms with van der Waals surface area (Å²) in [7, 11) is 1.97. The van der Waals surface area contributed by atoms with E-state index in [1.807, 2.05) is 16.6 Å². The van der Waals surface area contributed by atoms with Gasteiger partial charge in [-0.25, -0.2) is 4.68 Å². The molecule has 1 aliphatic heterocycles. The quantitative estimate of drug-likeness (QED) is 0.809. The van der Waals surface area contributed by atoms with Gasteiger partial charge in [-0.1, -0.05) is 51.5 Å². The molecule has 29 heavy (non-hydrogen) atoms. The van der Waals surface area contributed by atoms with Crippen LogP contribution in [-0.2, 0) is 11.8 Å². The Bertz CT molecular complexity index is 817. The largest absolute Gasteiger partial charge is 0.337 e. The van der Waals surface area contributed by atoms with Gasteiger partial charge in [0, 0.05) is 13.1 Å². The van der Waals surface area contributed by atoms with Gasteiger partial charge in [0.05, 0.1) is 11.4 Å². The fourth-order valence-electron chi connectivity index (χ4n) is 4.09. The van der Waals surface area contributed by atoms with E-state index >= 15 is 0 Å². The van der Waals surface area contributed by atoms with Crippen LogP contribution in [0.4, 0.5) is 0 Å². The summed E-state index contributed by atoms with van der Waals surface area (Å²) >= 11 is 0. The SMILES string of the molecule is CCCc1c(C(=O)N2CCCC(CNC)C2)nnn1-c1ccc(C(C)(C)C)cc1. The predicted octanol–water partition coefficient (Wildman–Crippen LogP) is 3.59. The molecule has 6 nitrogen and oxygen atoms in total. The Labute approximate surface area is 174 Å². The second-order valence-corrected chi connectivity index (χ2v) is 9.16. The first-order chi connectivity index (χ1) is 13.8. The normalized spacial score (nSPS) is 17.6. The first-order valence-corrected chi connectivity index (χ1v) is 10.8. The second-order valence-electron chi connectivity index (χ2n) is 9.16. The number of hydrogen-bond acceptors (Lipinski definition) is 4. The minimum Gasteiger partial charge on any atom is -0.337 e. The Morgan fingerprint density at radius 2 is 1.97 bits per heavy atom. The van der Waals surface area contributed by atoms with E-state index < -0.39 is 0 Å². The lowest BCUT2D eigenvalue weighted by Crippen LogP contribution is -2.42. The summed E-state index contributed by atoms with van der Waals surface area (Å²) in [5.74, 6) is 0.527. The number of nitrogens with one attached hydrogen (secondary N) is 1. The smallest absolute Gasteiger partial charge is 0.276 e. The minimum absolute atomic E-state index is 0.0202. The number of aromatic nitrogens is 3. The average molecular weight is 398 g/mol. The molecule has 1 aliphatic rings. The van der Waals surface area contributed by atoms with E-state index in [4.69, 9.17) is 0 Å². The number of likely N-dealkylation sites (tertiary alicyclic amines) is 1. The highest BCUT2D eigenvalue weighted by Crippen LogP contribution is 2.25. The molecule has 1 aromatic carbocycles. The topological polar surface area (TPSA) is 63.1 Å². The van der Waals surface area contributed by atoms with Gasteiger partial charge < -0.3 is 10.2 Å². The third kappa shape index (κ3) is 4.86. The van der Waals surface area contributed by atoms with Crippen LogP contribution in [0.25, 0.3) is 5.69 Å². The number of amides is 1. The first-order valence-electron chi connectivity index (χ1n) is 10.8. The molecule has 0 aliphatic carbocycles. The Hall–Kier alpha value is -2.21. The standard InChI is InChI=1S/C23H35N5O/c1-6-8-20-21(22(29)27-14-7-9-17(16-27)15-24-5)25-26-28(20)19-12-10-18(11-13-19)23(2,3)4/h10-13,17,24H,6-9,14-16H2,1-5H3. The molecule has 3 rings (SSSR count). The van der Waals surface area contributed by atoms with E-state index in [1.54, 1.807) is 0 Å². The summed E-state index contributed by atoms with van der Waals surface area (Å²) in [4.78, 5) is 15.2. The summed E-state index contributed by atoms with van der Waals surface area (Å²) in [5.41, 5.74) is 3.76. The zero-order chi connectivity index (χ0) is 21.0. The van der Waals surface area contributed by atoms with Crippen molar-refractivity contribution < 1.29 is 4.79 Å². The van der Waals surface area contributed by atoms with Crippen LogP contribution in [0, 0.1) is 5.92 Å². The Balaban J connectivity index is 1.87. The van der Waals surface area contributed by atoms with Gasteiger partial charge in [0.25, 0.3) is 5.91 Å². The van der Waals surface area contributed by atoms with Crippen LogP contribution in [-0.4, -0.2) is 52.5 Å². The fraction of sp³-hybridized carbons (Fsp3) is 0.609. The monoisotopic (exact) mass is 397 g/mol. The molecule has 1 saturated heterocycles. The number of benzene rings is 1. The zero-order valence-corrected chi connectivity index (χ0v) is 18.5. The van der Waals surface area contributed by atoms with Crippen molar-refractivity contribution in [1.82, 2.24) is 25.2 Å². The van der Waals surface area contributed by atoms with Crippen molar-refractivity contribution in [2.24, 2.45) is 5.92 Å². The van der Waals surface area contributed by atoms with Crippen LogP contribution in [0.1, 0.15) is 68.7 Å². The van der Waals surface area contributed by atoms with Gasteiger partial charge in [0.15, 0.2) is 5.69 Å². The summed E-state index contributed by atoms with van der Waals surface area (Å²) in [5, 5.41) is 11.9. The maximum Gasteiger partial charge on any atom is 0.276 e. The molecule has 6 heteroatoms. The van der Waals surface area contributed by atoms with Gasteiger partial charge in [-0.2, -0.15) is 0 Å². The van der Waals surface area contributed by atoms with Crippen LogP contribution < -0.4 is 5.32 Å². The number of rotatable bonds is 6. The summed E-state index contributed by atoms with van der Waals surface area (Å²) in [6.45, 7) is 11.3. The highest BCUT2D eigenvalue weighted by Gasteiger charge is 2.29. The van der Waals surface area contributed by atoms with Crippen molar-refractivity contribution in [2.45, 2.75) is 58.8 Å². The van der Waals surface area contributed by atoms with Gasteiger partial charge in [0.2, 0.25) is 0 Å². The van der Waals surface area contributed by atoms with Gasteiger partial charge in [0.1, 0.15) is 0 Å². The fourth-order valence-corrected chi connectivity index (χ4v) is 4.09. The van der Waals surface area contributed by atoms with Crippen LogP contribution >= 0.6 is 0 Å². The number of nitrogens with zero attached hydrogens (tertiary/aromatic N) is 4. The van der Waals surface area contributed by atoms with Gasteiger partial charge in [-0.05, 0) is 61.9 Å². The van der Waals surface area contributed by atoms with E-state index in [2.05, 4.69) is 67.6 Å². The Kier molecular flexibility index (Phi) is 6.73. The summed E-state index contributed by atoms with van der Waals surface area (Å²) in [6, 6.07) is 8.43. The molecule has 0 saturated carbocycles.